The van der Waals surface area contributed by atoms with Crippen molar-refractivity contribution in [3.05, 3.63) is 30.2 Å². The van der Waals surface area contributed by atoms with E-state index in [0.717, 1.165) is 43.4 Å². The zero-order valence-electron chi connectivity index (χ0n) is 18.0. The lowest BCUT2D eigenvalue weighted by Crippen LogP contribution is -2.66. The lowest BCUT2D eigenvalue weighted by molar-refractivity contribution is -0.152. The molecule has 0 radical (unpaired) electrons. The van der Waals surface area contributed by atoms with Crippen molar-refractivity contribution in [2.45, 2.75) is 66.0 Å². The van der Waals surface area contributed by atoms with Crippen LogP contribution in [0.1, 0.15) is 52.5 Å². The van der Waals surface area contributed by atoms with E-state index < -0.39 is 0 Å². The minimum atomic E-state index is 0.142. The fourth-order valence-electron chi connectivity index (χ4n) is 4.16. The molecule has 0 unspecified atom stereocenters. The Labute approximate surface area is 164 Å². The number of fused-ring (bicyclic) bond motifs is 1. The average molecular weight is 373 g/mol. The van der Waals surface area contributed by atoms with Crippen molar-refractivity contribution in [1.82, 2.24) is 19.4 Å². The molecule has 2 fully saturated rings. The second kappa shape index (κ2) is 9.36. The first kappa shape index (κ1) is 21.4. The molecule has 4 rings (SSSR count). The van der Waals surface area contributed by atoms with Gasteiger partial charge in [0.1, 0.15) is 6.54 Å². The molecule has 0 saturated carbocycles. The molecule has 27 heavy (non-hydrogen) atoms. The Hall–Kier alpha value is -1.88. The number of likely N-dealkylation sites (tertiary alicyclic amines) is 2. The lowest BCUT2D eigenvalue weighted by atomic mass is 9.76. The Kier molecular flexibility index (Phi) is 7.42. The van der Waals surface area contributed by atoms with Crippen LogP contribution in [-0.2, 0) is 11.3 Å². The number of amides is 1. The van der Waals surface area contributed by atoms with E-state index in [2.05, 4.69) is 39.5 Å². The van der Waals surface area contributed by atoms with Crippen LogP contribution in [0, 0.1) is 6.92 Å². The molecule has 1 amide bonds. The molecule has 0 bridgehead atoms. The van der Waals surface area contributed by atoms with Gasteiger partial charge in [0.05, 0.1) is 5.52 Å². The van der Waals surface area contributed by atoms with E-state index in [1.807, 2.05) is 40.0 Å². The first-order chi connectivity index (χ1) is 13.1. The van der Waals surface area contributed by atoms with Gasteiger partial charge in [0.15, 0.2) is 0 Å². The number of aromatic nitrogens is 2. The normalized spacial score (nSPS) is 18.2. The monoisotopic (exact) mass is 372 g/mol. The van der Waals surface area contributed by atoms with Crippen LogP contribution in [-0.4, -0.2) is 57.5 Å². The van der Waals surface area contributed by atoms with Gasteiger partial charge in [0, 0.05) is 49.1 Å². The van der Waals surface area contributed by atoms with E-state index in [9.17, 15) is 4.79 Å². The van der Waals surface area contributed by atoms with Gasteiger partial charge in [-0.15, -0.1) is 0 Å². The van der Waals surface area contributed by atoms with Gasteiger partial charge in [-0.2, -0.15) is 0 Å². The first-order valence-electron chi connectivity index (χ1n) is 10.5. The molecule has 2 aromatic rings. The molecule has 0 aromatic carbocycles. The highest BCUT2D eigenvalue weighted by Crippen LogP contribution is 2.39. The number of pyridine rings is 1. The van der Waals surface area contributed by atoms with Gasteiger partial charge in [0.2, 0.25) is 5.91 Å². The van der Waals surface area contributed by atoms with Crippen molar-refractivity contribution in [2.24, 2.45) is 0 Å². The summed E-state index contributed by atoms with van der Waals surface area (Å²) in [5.74, 6) is 0.259. The maximum Gasteiger partial charge on any atom is 0.242 e. The number of carbonyl (C=O) groups is 1. The number of piperidine rings is 1. The van der Waals surface area contributed by atoms with E-state index in [4.69, 9.17) is 0 Å². The summed E-state index contributed by atoms with van der Waals surface area (Å²) in [6.45, 7) is 13.6. The smallest absolute Gasteiger partial charge is 0.242 e. The third kappa shape index (κ3) is 4.18. The number of carbonyl (C=O) groups excluding carboxylic acids is 1. The summed E-state index contributed by atoms with van der Waals surface area (Å²) in [6, 6.07) is 2.00. The van der Waals surface area contributed by atoms with Gasteiger partial charge >= 0.3 is 0 Å². The Morgan fingerprint density at radius 1 is 1.11 bits per heavy atom. The van der Waals surface area contributed by atoms with Gasteiger partial charge in [-0.1, -0.05) is 27.7 Å². The molecular formula is C22H36N4O. The summed E-state index contributed by atoms with van der Waals surface area (Å²) in [5, 5.41) is 1.14. The highest BCUT2D eigenvalue weighted by molar-refractivity contribution is 5.85. The first-order valence-corrected chi connectivity index (χ1v) is 10.5. The molecule has 0 atom stereocenters. The topological polar surface area (TPSA) is 41.4 Å². The highest BCUT2D eigenvalue weighted by atomic mass is 16.2. The van der Waals surface area contributed by atoms with Crippen molar-refractivity contribution in [1.29, 1.82) is 0 Å². The van der Waals surface area contributed by atoms with Crippen LogP contribution < -0.4 is 0 Å². The standard InChI is InChI=1S/C18H24N4O.2C2H6/c1-14-12-21(16-3-7-19-11-15(14)16)13-17(23)22-10-6-18(22)4-8-20(2)9-5-18;2*1-2/h3,7,11-12H,4-6,8-10,13H2,1-2H3;2*1-2H3. The van der Waals surface area contributed by atoms with Crippen molar-refractivity contribution in [3.63, 3.8) is 0 Å². The molecule has 2 aromatic heterocycles. The Bertz CT molecular complexity index is 744. The molecule has 2 aliphatic rings. The maximum absolute atomic E-state index is 12.9. The Morgan fingerprint density at radius 3 is 2.33 bits per heavy atom. The summed E-state index contributed by atoms with van der Waals surface area (Å²) >= 11 is 0. The molecule has 4 heterocycles. The SMILES string of the molecule is CC.CC.Cc1cn(CC(=O)N2CCC23CCN(C)CC3)c2ccncc12. The summed E-state index contributed by atoms with van der Waals surface area (Å²) in [7, 11) is 2.17. The molecule has 2 saturated heterocycles. The van der Waals surface area contributed by atoms with E-state index in [-0.39, 0.29) is 11.4 Å². The summed E-state index contributed by atoms with van der Waals surface area (Å²) in [6.07, 6.45) is 9.15. The fourth-order valence-corrected chi connectivity index (χ4v) is 4.16. The second-order valence-electron chi connectivity index (χ2n) is 7.16. The molecular weight excluding hydrogens is 336 g/mol. The number of nitrogens with zero attached hydrogens (tertiary/aromatic N) is 4. The number of hydrogen-bond acceptors (Lipinski definition) is 3. The van der Waals surface area contributed by atoms with Gasteiger partial charge in [-0.3, -0.25) is 9.78 Å². The van der Waals surface area contributed by atoms with Gasteiger partial charge < -0.3 is 14.4 Å². The molecule has 1 spiro atoms. The predicted octanol–water partition coefficient (Wildman–Crippen LogP) is 4.09. The minimum Gasteiger partial charge on any atom is -0.338 e. The van der Waals surface area contributed by atoms with Crippen LogP contribution in [0.25, 0.3) is 10.9 Å². The van der Waals surface area contributed by atoms with Gasteiger partial charge in [0.25, 0.3) is 0 Å². The predicted molar refractivity (Wildman–Crippen MR) is 113 cm³/mol. The van der Waals surface area contributed by atoms with Crippen molar-refractivity contribution >= 4 is 16.8 Å². The van der Waals surface area contributed by atoms with Crippen molar-refractivity contribution in [3.8, 4) is 0 Å². The minimum absolute atomic E-state index is 0.142. The van der Waals surface area contributed by atoms with E-state index >= 15 is 0 Å². The Balaban J connectivity index is 0.000000614. The van der Waals surface area contributed by atoms with Gasteiger partial charge in [-0.05, 0) is 44.9 Å². The largest absolute Gasteiger partial charge is 0.338 e. The maximum atomic E-state index is 12.9. The molecule has 0 N–H and O–H groups in total. The Morgan fingerprint density at radius 2 is 1.74 bits per heavy atom. The lowest BCUT2D eigenvalue weighted by Gasteiger charge is -2.56. The summed E-state index contributed by atoms with van der Waals surface area (Å²) < 4.78 is 2.08. The number of rotatable bonds is 2. The van der Waals surface area contributed by atoms with Crippen LogP contribution in [0.5, 0.6) is 0 Å². The van der Waals surface area contributed by atoms with E-state index in [1.165, 1.54) is 12.0 Å². The summed E-state index contributed by atoms with van der Waals surface area (Å²) in [4.78, 5) is 21.6. The van der Waals surface area contributed by atoms with Crippen LogP contribution in [0.4, 0.5) is 0 Å². The number of hydrogen-bond donors (Lipinski definition) is 0. The zero-order chi connectivity index (χ0) is 20.0. The van der Waals surface area contributed by atoms with Crippen LogP contribution in [0.3, 0.4) is 0 Å². The van der Waals surface area contributed by atoms with Crippen LogP contribution >= 0.6 is 0 Å². The van der Waals surface area contributed by atoms with Crippen LogP contribution in [0.2, 0.25) is 0 Å². The average Bonchev–Trinajstić information content (AvgIpc) is 3.01. The molecule has 2 aliphatic heterocycles. The third-order valence-corrected chi connectivity index (χ3v) is 5.78. The van der Waals surface area contributed by atoms with Gasteiger partial charge in [-0.25, -0.2) is 0 Å². The van der Waals surface area contributed by atoms with E-state index in [0.29, 0.717) is 6.54 Å². The van der Waals surface area contributed by atoms with Crippen molar-refractivity contribution in [2.75, 3.05) is 26.7 Å². The quantitative estimate of drug-likeness (QED) is 0.797. The zero-order valence-corrected chi connectivity index (χ0v) is 18.0. The molecule has 5 nitrogen and oxygen atoms in total. The van der Waals surface area contributed by atoms with E-state index in [1.54, 1.807) is 6.20 Å². The second-order valence-corrected chi connectivity index (χ2v) is 7.16. The van der Waals surface area contributed by atoms with Crippen LogP contribution in [0.15, 0.2) is 24.7 Å². The van der Waals surface area contributed by atoms with Crippen molar-refractivity contribution < 1.29 is 4.79 Å². The fraction of sp³-hybridized carbons (Fsp3) is 0.636. The third-order valence-electron chi connectivity index (χ3n) is 5.78. The molecule has 0 aliphatic carbocycles. The highest BCUT2D eigenvalue weighted by Gasteiger charge is 2.48. The molecule has 5 heteroatoms. The summed E-state index contributed by atoms with van der Waals surface area (Å²) in [5.41, 5.74) is 2.42. The molecule has 150 valence electrons. The number of aryl methyl sites for hydroxylation is 1.